The van der Waals surface area contributed by atoms with Gasteiger partial charge in [-0.15, -0.1) is 0 Å². The van der Waals surface area contributed by atoms with Crippen LogP contribution in [0.4, 0.5) is 25.5 Å². The summed E-state index contributed by atoms with van der Waals surface area (Å²) in [6, 6.07) is -0.551. The SMILES string of the molecule is CO[C@@H](C)[C@@H]1COC(=O)N1c1noc2c(F)c3c(cc12)CC1(C(=O)NC(=O)NC1O)C1[C@H](C)O[C@H](C)CN31. The van der Waals surface area contributed by atoms with Gasteiger partial charge in [0, 0.05) is 13.7 Å². The molecule has 0 radical (unpaired) electrons. The van der Waals surface area contributed by atoms with Crippen LogP contribution in [0.3, 0.4) is 0 Å². The van der Waals surface area contributed by atoms with E-state index < -0.39 is 59.8 Å². The average molecular weight is 534 g/mol. The molecular weight excluding hydrogens is 505 g/mol. The van der Waals surface area contributed by atoms with Crippen molar-refractivity contribution >= 4 is 40.5 Å². The molecule has 3 saturated heterocycles. The molecule has 13 nitrogen and oxygen atoms in total. The van der Waals surface area contributed by atoms with E-state index in [1.54, 1.807) is 24.8 Å². The molecule has 5 heterocycles. The number of halogens is 1. The fourth-order valence-corrected chi connectivity index (χ4v) is 6.45. The number of anilines is 2. The Morgan fingerprint density at radius 1 is 1.32 bits per heavy atom. The molecule has 4 aliphatic heterocycles. The van der Waals surface area contributed by atoms with Gasteiger partial charge >= 0.3 is 12.1 Å². The van der Waals surface area contributed by atoms with Gasteiger partial charge in [0.05, 0.1) is 35.4 Å². The number of carbonyl (C=O) groups excluding carboxylic acids is 3. The van der Waals surface area contributed by atoms with E-state index in [2.05, 4.69) is 15.8 Å². The Labute approximate surface area is 216 Å². The van der Waals surface area contributed by atoms with E-state index >= 15 is 4.39 Å². The molecule has 2 aromatic rings. The molecule has 3 N–H and O–H groups in total. The predicted molar refractivity (Wildman–Crippen MR) is 128 cm³/mol. The molecule has 204 valence electrons. The van der Waals surface area contributed by atoms with Crippen LogP contribution in [0, 0.1) is 11.2 Å². The van der Waals surface area contributed by atoms with Crippen LogP contribution in [-0.4, -0.2) is 85.2 Å². The zero-order valence-corrected chi connectivity index (χ0v) is 21.2. The van der Waals surface area contributed by atoms with Crippen LogP contribution in [0.15, 0.2) is 10.6 Å². The molecule has 0 bridgehead atoms. The molecule has 4 aliphatic rings. The summed E-state index contributed by atoms with van der Waals surface area (Å²) in [4.78, 5) is 41.1. The van der Waals surface area contributed by atoms with Crippen molar-refractivity contribution in [1.82, 2.24) is 15.8 Å². The minimum Gasteiger partial charge on any atom is -0.447 e. The Kier molecular flexibility index (Phi) is 5.56. The number of hydrogen-bond donors (Lipinski definition) is 3. The Balaban J connectivity index is 1.55. The van der Waals surface area contributed by atoms with Gasteiger partial charge in [0.1, 0.15) is 24.3 Å². The number of methoxy groups -OCH3 is 1. The first kappa shape index (κ1) is 24.8. The molecule has 14 heteroatoms. The second-order valence-corrected chi connectivity index (χ2v) is 10.3. The lowest BCUT2D eigenvalue weighted by molar-refractivity contribution is -0.155. The Morgan fingerprint density at radius 3 is 2.79 bits per heavy atom. The largest absolute Gasteiger partial charge is 0.447 e. The monoisotopic (exact) mass is 533 g/mol. The average Bonchev–Trinajstić information content (AvgIpc) is 3.44. The molecule has 4 amide bonds. The number of aromatic nitrogens is 1. The van der Waals surface area contributed by atoms with Gasteiger partial charge in [-0.2, -0.15) is 0 Å². The first-order valence-electron chi connectivity index (χ1n) is 12.4. The maximum atomic E-state index is 16.3. The van der Waals surface area contributed by atoms with Gasteiger partial charge in [0.15, 0.2) is 11.6 Å². The third-order valence-electron chi connectivity index (χ3n) is 8.17. The highest BCUT2D eigenvalue weighted by molar-refractivity contribution is 6.04. The molecule has 0 saturated carbocycles. The van der Waals surface area contributed by atoms with Crippen LogP contribution in [0.2, 0.25) is 0 Å². The summed E-state index contributed by atoms with van der Waals surface area (Å²) in [5.41, 5.74) is -1.17. The van der Waals surface area contributed by atoms with Gasteiger partial charge in [-0.3, -0.25) is 10.1 Å². The van der Waals surface area contributed by atoms with E-state index in [0.717, 1.165) is 0 Å². The topological polar surface area (TPSA) is 156 Å². The fourth-order valence-electron chi connectivity index (χ4n) is 6.45. The molecule has 7 atom stereocenters. The van der Waals surface area contributed by atoms with E-state index in [-0.39, 0.29) is 48.2 Å². The summed E-state index contributed by atoms with van der Waals surface area (Å²) < 4.78 is 38.4. The number of rotatable bonds is 3. The normalized spacial score (nSPS) is 33.6. The van der Waals surface area contributed by atoms with Crippen molar-refractivity contribution in [1.29, 1.82) is 0 Å². The lowest BCUT2D eigenvalue weighted by Gasteiger charge is -2.57. The van der Waals surface area contributed by atoms with Crippen LogP contribution in [0.1, 0.15) is 26.3 Å². The number of morpholine rings is 1. The van der Waals surface area contributed by atoms with Crippen LogP contribution < -0.4 is 20.4 Å². The number of nitrogens with zero attached hydrogens (tertiary/aromatic N) is 3. The lowest BCUT2D eigenvalue weighted by atomic mass is 9.66. The van der Waals surface area contributed by atoms with Gasteiger partial charge in [0.2, 0.25) is 11.5 Å². The smallest absolute Gasteiger partial charge is 0.416 e. The van der Waals surface area contributed by atoms with Crippen LogP contribution >= 0.6 is 0 Å². The number of imide groups is 1. The first-order valence-corrected chi connectivity index (χ1v) is 12.4. The van der Waals surface area contributed by atoms with Crippen LogP contribution in [0.5, 0.6) is 0 Å². The number of aliphatic hydroxyl groups excluding tert-OH is 1. The van der Waals surface area contributed by atoms with E-state index in [0.29, 0.717) is 5.56 Å². The minimum absolute atomic E-state index is 0.0516. The highest BCUT2D eigenvalue weighted by Gasteiger charge is 2.63. The molecule has 1 aromatic carbocycles. The van der Waals surface area contributed by atoms with Gasteiger partial charge in [-0.25, -0.2) is 18.9 Å². The fraction of sp³-hybridized carbons (Fsp3) is 0.583. The quantitative estimate of drug-likeness (QED) is 0.520. The number of hydrogen-bond acceptors (Lipinski definition) is 10. The van der Waals surface area contributed by atoms with E-state index in [9.17, 15) is 19.5 Å². The number of carbonyl (C=O) groups is 3. The van der Waals surface area contributed by atoms with Gasteiger partial charge in [-0.05, 0) is 38.8 Å². The Hall–Kier alpha value is -3.49. The number of urea groups is 1. The summed E-state index contributed by atoms with van der Waals surface area (Å²) in [5.74, 6) is -1.35. The van der Waals surface area contributed by atoms with Crippen LogP contribution in [0.25, 0.3) is 11.0 Å². The first-order chi connectivity index (χ1) is 18.1. The zero-order chi connectivity index (χ0) is 27.1. The van der Waals surface area contributed by atoms with E-state index in [1.165, 1.54) is 12.0 Å². The second-order valence-electron chi connectivity index (χ2n) is 10.3. The molecule has 3 unspecified atom stereocenters. The van der Waals surface area contributed by atoms with Gasteiger partial charge < -0.3 is 34.1 Å². The summed E-state index contributed by atoms with van der Waals surface area (Å²) in [6.07, 6.45) is -3.70. The van der Waals surface area contributed by atoms with E-state index in [4.69, 9.17) is 18.7 Å². The number of aliphatic hydroxyl groups is 1. The summed E-state index contributed by atoms with van der Waals surface area (Å²) in [7, 11) is 1.50. The second kappa shape index (κ2) is 8.51. The van der Waals surface area contributed by atoms with Crippen molar-refractivity contribution in [2.45, 2.75) is 63.8 Å². The standard InChI is InChI=1S/C24H28FN5O8/c1-9-7-29-16-12(6-24(18(29)11(3)37-9)20(31)26-22(33)27-21(24)32)5-13-17(15(16)25)38-28-19(13)30-14(10(2)35-4)8-36-23(30)34/h5,9-11,14,18,20,31H,6-8H2,1-4H3,(H2,26,27,32,33)/t9-,10+,11+,14+,18?,20?,24?/m1/s1. The highest BCUT2D eigenvalue weighted by atomic mass is 19.1. The third kappa shape index (κ3) is 3.26. The van der Waals surface area contributed by atoms with Crippen molar-refractivity contribution < 1.29 is 42.6 Å². The van der Waals surface area contributed by atoms with Crippen molar-refractivity contribution in [3.63, 3.8) is 0 Å². The van der Waals surface area contributed by atoms with Crippen molar-refractivity contribution in [2.75, 3.05) is 30.1 Å². The summed E-state index contributed by atoms with van der Waals surface area (Å²) in [5, 5.41) is 20.0. The maximum absolute atomic E-state index is 16.3. The highest BCUT2D eigenvalue weighted by Crippen LogP contribution is 2.50. The van der Waals surface area contributed by atoms with Crippen molar-refractivity contribution in [2.24, 2.45) is 5.41 Å². The van der Waals surface area contributed by atoms with Crippen molar-refractivity contribution in [3.8, 4) is 0 Å². The number of amides is 4. The number of nitrogens with one attached hydrogen (secondary N) is 2. The van der Waals surface area contributed by atoms with Crippen molar-refractivity contribution in [3.05, 3.63) is 17.4 Å². The Morgan fingerprint density at radius 2 is 2.08 bits per heavy atom. The van der Waals surface area contributed by atoms with Gasteiger partial charge in [-0.1, -0.05) is 5.16 Å². The molecule has 38 heavy (non-hydrogen) atoms. The zero-order valence-electron chi connectivity index (χ0n) is 21.2. The van der Waals surface area contributed by atoms with Crippen LogP contribution in [-0.2, 0) is 25.4 Å². The van der Waals surface area contributed by atoms with Gasteiger partial charge in [0.25, 0.3) is 0 Å². The third-order valence-corrected chi connectivity index (χ3v) is 8.17. The molecule has 3 fully saturated rings. The molecule has 1 spiro atoms. The number of fused-ring (bicyclic) bond motifs is 5. The summed E-state index contributed by atoms with van der Waals surface area (Å²) >= 11 is 0. The predicted octanol–water partition coefficient (Wildman–Crippen LogP) is 1.01. The number of benzene rings is 1. The Bertz CT molecular complexity index is 1350. The molecule has 1 aromatic heterocycles. The lowest BCUT2D eigenvalue weighted by Crippen LogP contribution is -2.76. The molecule has 0 aliphatic carbocycles. The number of cyclic esters (lactones) is 1. The maximum Gasteiger partial charge on any atom is 0.416 e. The van der Waals surface area contributed by atoms with E-state index in [1.807, 2.05) is 6.92 Å². The molecule has 6 rings (SSSR count). The molecular formula is C24H28FN5O8. The minimum atomic E-state index is -1.59. The number of ether oxygens (including phenoxy) is 3. The summed E-state index contributed by atoms with van der Waals surface area (Å²) in [6.45, 7) is 5.61.